The van der Waals surface area contributed by atoms with Gasteiger partial charge in [-0.3, -0.25) is 10.0 Å². The highest BCUT2D eigenvalue weighted by Gasteiger charge is 2.05. The molecule has 0 aliphatic rings. The topological polar surface area (TPSA) is 87.7 Å². The van der Waals surface area contributed by atoms with E-state index in [-0.39, 0.29) is 19.6 Å². The summed E-state index contributed by atoms with van der Waals surface area (Å²) in [6.45, 7) is 0.241. The Bertz CT molecular complexity index is 641. The van der Waals surface area contributed by atoms with Crippen molar-refractivity contribution < 1.29 is 19.5 Å². The number of nitrogens with one attached hydrogen (secondary N) is 2. The summed E-state index contributed by atoms with van der Waals surface area (Å²) in [6.07, 6.45) is -0.625. The summed E-state index contributed by atoms with van der Waals surface area (Å²) >= 11 is 0. The fourth-order valence-electron chi connectivity index (χ4n) is 1.96. The predicted octanol–water partition coefficient (Wildman–Crippen LogP) is 2.48. The molecule has 6 heteroatoms. The Labute approximate surface area is 134 Å². The molecular weight excluding hydrogens is 296 g/mol. The van der Waals surface area contributed by atoms with Gasteiger partial charge in [0, 0.05) is 13.0 Å². The third-order valence-corrected chi connectivity index (χ3v) is 3.18. The molecule has 0 aliphatic heterocycles. The third-order valence-electron chi connectivity index (χ3n) is 3.18. The number of ether oxygens (including phenoxy) is 1. The number of benzene rings is 2. The molecule has 6 nitrogen and oxygen atoms in total. The number of carbonyl (C=O) groups is 2. The molecule has 0 bridgehead atoms. The molecular formula is C17H18N2O4. The van der Waals surface area contributed by atoms with Crippen LogP contribution in [0.15, 0.2) is 54.6 Å². The Morgan fingerprint density at radius 1 is 0.957 bits per heavy atom. The van der Waals surface area contributed by atoms with E-state index in [1.807, 2.05) is 54.6 Å². The Balaban J connectivity index is 1.78. The minimum absolute atomic E-state index is 0.0165. The maximum atomic E-state index is 11.4. The number of amides is 2. The van der Waals surface area contributed by atoms with Crippen molar-refractivity contribution >= 4 is 12.0 Å². The number of hydrogen-bond donors (Lipinski definition) is 3. The largest absolute Gasteiger partial charge is 0.445 e. The second-order valence-electron chi connectivity index (χ2n) is 4.85. The standard InChI is InChI=1S/C17H18N2O4/c20-16(19-22)10-11-18-17(21)23-12-13-6-8-15(9-7-13)14-4-2-1-3-5-14/h1-9,22H,10-12H2,(H,18,21)(H,19,20). The molecule has 0 heterocycles. The van der Waals surface area contributed by atoms with Gasteiger partial charge in [0.15, 0.2) is 0 Å². The van der Waals surface area contributed by atoms with E-state index in [0.29, 0.717) is 0 Å². The van der Waals surface area contributed by atoms with Crippen molar-refractivity contribution in [3.05, 3.63) is 60.2 Å². The van der Waals surface area contributed by atoms with Gasteiger partial charge in [-0.15, -0.1) is 0 Å². The first kappa shape index (κ1) is 16.5. The molecule has 2 aromatic carbocycles. The van der Waals surface area contributed by atoms with Crippen molar-refractivity contribution in [1.82, 2.24) is 10.8 Å². The Kier molecular flexibility index (Phi) is 6.14. The maximum absolute atomic E-state index is 11.4. The molecule has 2 rings (SSSR count). The van der Waals surface area contributed by atoms with Crippen LogP contribution in [0.2, 0.25) is 0 Å². The zero-order valence-corrected chi connectivity index (χ0v) is 12.5. The minimum atomic E-state index is -0.608. The predicted molar refractivity (Wildman–Crippen MR) is 84.6 cm³/mol. The van der Waals surface area contributed by atoms with E-state index in [9.17, 15) is 9.59 Å². The van der Waals surface area contributed by atoms with Crippen molar-refractivity contribution in [2.45, 2.75) is 13.0 Å². The van der Waals surface area contributed by atoms with Crippen LogP contribution in [0.3, 0.4) is 0 Å². The molecule has 0 atom stereocenters. The van der Waals surface area contributed by atoms with Gasteiger partial charge < -0.3 is 10.1 Å². The first-order chi connectivity index (χ1) is 11.2. The van der Waals surface area contributed by atoms with E-state index in [1.165, 1.54) is 5.48 Å². The zero-order chi connectivity index (χ0) is 16.5. The van der Waals surface area contributed by atoms with Gasteiger partial charge in [0.05, 0.1) is 0 Å². The quantitative estimate of drug-likeness (QED) is 0.564. The van der Waals surface area contributed by atoms with Crippen LogP contribution in [-0.4, -0.2) is 23.8 Å². The molecule has 0 unspecified atom stereocenters. The van der Waals surface area contributed by atoms with Crippen LogP contribution in [0.4, 0.5) is 4.79 Å². The Hall–Kier alpha value is -2.86. The van der Waals surface area contributed by atoms with Gasteiger partial charge >= 0.3 is 6.09 Å². The summed E-state index contributed by atoms with van der Waals surface area (Å²) in [5.74, 6) is -0.568. The Morgan fingerprint density at radius 3 is 2.26 bits per heavy atom. The molecule has 3 N–H and O–H groups in total. The smallest absolute Gasteiger partial charge is 0.407 e. The van der Waals surface area contributed by atoms with Crippen LogP contribution < -0.4 is 10.8 Å². The van der Waals surface area contributed by atoms with Crippen molar-refractivity contribution in [1.29, 1.82) is 0 Å². The first-order valence-corrected chi connectivity index (χ1v) is 7.17. The maximum Gasteiger partial charge on any atom is 0.407 e. The van der Waals surface area contributed by atoms with E-state index in [2.05, 4.69) is 5.32 Å². The van der Waals surface area contributed by atoms with Gasteiger partial charge in [0.2, 0.25) is 5.91 Å². The number of alkyl carbamates (subject to hydrolysis) is 1. The Morgan fingerprint density at radius 2 is 1.61 bits per heavy atom. The lowest BCUT2D eigenvalue weighted by Gasteiger charge is -2.07. The summed E-state index contributed by atoms with van der Waals surface area (Å²) < 4.78 is 5.04. The average Bonchev–Trinajstić information content (AvgIpc) is 2.61. The summed E-state index contributed by atoms with van der Waals surface area (Å²) in [6, 6.07) is 17.7. The number of carbonyl (C=O) groups excluding carboxylic acids is 2. The van der Waals surface area contributed by atoms with Gasteiger partial charge in [0.1, 0.15) is 6.61 Å². The molecule has 0 fully saturated rings. The second-order valence-corrected chi connectivity index (χ2v) is 4.85. The molecule has 0 saturated heterocycles. The van der Waals surface area contributed by atoms with Crippen LogP contribution in [0, 0.1) is 0 Å². The molecule has 23 heavy (non-hydrogen) atoms. The normalized spacial score (nSPS) is 9.96. The summed E-state index contributed by atoms with van der Waals surface area (Å²) in [5, 5.41) is 10.7. The summed E-state index contributed by atoms with van der Waals surface area (Å²) in [7, 11) is 0. The van der Waals surface area contributed by atoms with Crippen molar-refractivity contribution in [3.8, 4) is 11.1 Å². The van der Waals surface area contributed by atoms with Crippen LogP contribution in [0.5, 0.6) is 0 Å². The lowest BCUT2D eigenvalue weighted by molar-refractivity contribution is -0.129. The fourth-order valence-corrected chi connectivity index (χ4v) is 1.96. The van der Waals surface area contributed by atoms with E-state index < -0.39 is 12.0 Å². The number of rotatable bonds is 6. The van der Waals surface area contributed by atoms with Gasteiger partial charge in [-0.1, -0.05) is 54.6 Å². The van der Waals surface area contributed by atoms with Gasteiger partial charge in [0.25, 0.3) is 0 Å². The number of hydrogen-bond acceptors (Lipinski definition) is 4. The molecule has 0 radical (unpaired) electrons. The van der Waals surface area contributed by atoms with Crippen molar-refractivity contribution in [2.75, 3.05) is 6.54 Å². The van der Waals surface area contributed by atoms with E-state index in [1.54, 1.807) is 0 Å². The molecule has 2 aromatic rings. The van der Waals surface area contributed by atoms with Crippen molar-refractivity contribution in [3.63, 3.8) is 0 Å². The molecule has 120 valence electrons. The molecule has 0 spiro atoms. The highest BCUT2D eigenvalue weighted by atomic mass is 16.5. The molecule has 0 aliphatic carbocycles. The monoisotopic (exact) mass is 314 g/mol. The van der Waals surface area contributed by atoms with E-state index in [4.69, 9.17) is 9.94 Å². The van der Waals surface area contributed by atoms with Crippen molar-refractivity contribution in [2.24, 2.45) is 0 Å². The van der Waals surface area contributed by atoms with Crippen LogP contribution in [0.25, 0.3) is 11.1 Å². The first-order valence-electron chi connectivity index (χ1n) is 7.17. The highest BCUT2D eigenvalue weighted by Crippen LogP contribution is 2.19. The van der Waals surface area contributed by atoms with E-state index in [0.717, 1.165) is 16.7 Å². The van der Waals surface area contributed by atoms with Crippen LogP contribution in [-0.2, 0) is 16.1 Å². The van der Waals surface area contributed by atoms with E-state index >= 15 is 0 Å². The number of hydroxylamine groups is 1. The minimum Gasteiger partial charge on any atom is -0.445 e. The lowest BCUT2D eigenvalue weighted by Crippen LogP contribution is -2.29. The fraction of sp³-hybridized carbons (Fsp3) is 0.176. The lowest BCUT2D eigenvalue weighted by atomic mass is 10.0. The van der Waals surface area contributed by atoms with Crippen LogP contribution in [0.1, 0.15) is 12.0 Å². The SMILES string of the molecule is O=C(CCNC(=O)OCc1ccc(-c2ccccc2)cc1)NO. The summed E-state index contributed by atoms with van der Waals surface area (Å²) in [4.78, 5) is 22.2. The molecule has 0 saturated carbocycles. The molecule has 0 aromatic heterocycles. The van der Waals surface area contributed by atoms with Crippen LogP contribution >= 0.6 is 0 Å². The average molecular weight is 314 g/mol. The van der Waals surface area contributed by atoms with Gasteiger partial charge in [-0.2, -0.15) is 0 Å². The molecule has 2 amide bonds. The second kappa shape index (κ2) is 8.55. The third kappa shape index (κ3) is 5.44. The highest BCUT2D eigenvalue weighted by molar-refractivity contribution is 5.75. The van der Waals surface area contributed by atoms with Gasteiger partial charge in [-0.25, -0.2) is 10.3 Å². The van der Waals surface area contributed by atoms with Gasteiger partial charge in [-0.05, 0) is 16.7 Å². The zero-order valence-electron chi connectivity index (χ0n) is 12.5. The summed E-state index contributed by atoms with van der Waals surface area (Å²) in [5.41, 5.74) is 4.57.